The number of aromatic nitrogens is 3. The van der Waals surface area contributed by atoms with E-state index in [1.807, 2.05) is 0 Å². The number of carbonyl (C=O) groups is 1. The van der Waals surface area contributed by atoms with Gasteiger partial charge in [0.25, 0.3) is 0 Å². The first-order chi connectivity index (χ1) is 12.8. The second-order valence-corrected chi connectivity index (χ2v) is 8.20. The van der Waals surface area contributed by atoms with Gasteiger partial charge in [0.15, 0.2) is 0 Å². The number of halogens is 1. The molecule has 2 aromatic rings. The van der Waals surface area contributed by atoms with Crippen molar-refractivity contribution in [2.75, 3.05) is 6.61 Å². The van der Waals surface area contributed by atoms with E-state index in [2.05, 4.69) is 14.8 Å². The molecular formula is C16H18BClN4O4S. The summed E-state index contributed by atoms with van der Waals surface area (Å²) in [4.78, 5) is 15.5. The fourth-order valence-electron chi connectivity index (χ4n) is 3.05. The Morgan fingerprint density at radius 1 is 1.48 bits per heavy atom. The predicted molar refractivity (Wildman–Crippen MR) is 99.5 cm³/mol. The Bertz CT molecular complexity index is 963. The SMILES string of the molecule is [B]c1cc(S(=O)(=O)NC2CCCc3c2cnn3CC(=O)OCC)cnc1Cl. The second kappa shape index (κ2) is 7.99. The average molecular weight is 409 g/mol. The zero-order chi connectivity index (χ0) is 19.6. The van der Waals surface area contributed by atoms with Crippen molar-refractivity contribution in [1.82, 2.24) is 19.5 Å². The van der Waals surface area contributed by atoms with Gasteiger partial charge in [-0.3, -0.25) is 9.48 Å². The highest BCUT2D eigenvalue weighted by Gasteiger charge is 2.29. The highest BCUT2D eigenvalue weighted by Crippen LogP contribution is 2.31. The van der Waals surface area contributed by atoms with Gasteiger partial charge in [0.2, 0.25) is 10.0 Å². The lowest BCUT2D eigenvalue weighted by Crippen LogP contribution is -2.32. The molecule has 1 unspecified atom stereocenters. The molecule has 2 aromatic heterocycles. The largest absolute Gasteiger partial charge is 0.465 e. The molecular weight excluding hydrogens is 391 g/mol. The Labute approximate surface area is 163 Å². The normalized spacial score (nSPS) is 16.7. The molecule has 0 aromatic carbocycles. The number of sulfonamides is 1. The summed E-state index contributed by atoms with van der Waals surface area (Å²) in [6, 6.07) is 0.817. The van der Waals surface area contributed by atoms with E-state index in [0.717, 1.165) is 23.9 Å². The standard InChI is InChI=1S/C16H18BClN4O4S/c1-2-26-15(23)9-22-14-5-3-4-13(11(14)8-20-22)21-27(24,25)10-6-12(17)16(18)19-7-10/h6-8,13,21H,2-5,9H2,1H3. The van der Waals surface area contributed by atoms with E-state index in [1.54, 1.807) is 17.8 Å². The molecule has 11 heteroatoms. The van der Waals surface area contributed by atoms with Crippen LogP contribution in [-0.4, -0.2) is 43.6 Å². The zero-order valence-corrected chi connectivity index (χ0v) is 16.3. The van der Waals surface area contributed by atoms with E-state index in [4.69, 9.17) is 24.2 Å². The van der Waals surface area contributed by atoms with Crippen LogP contribution in [0.25, 0.3) is 0 Å². The Kier molecular flexibility index (Phi) is 5.88. The fraction of sp³-hybridized carbons (Fsp3) is 0.438. The third-order valence-corrected chi connectivity index (χ3v) is 6.05. The van der Waals surface area contributed by atoms with Crippen molar-refractivity contribution in [3.63, 3.8) is 0 Å². The van der Waals surface area contributed by atoms with Crippen LogP contribution >= 0.6 is 11.6 Å². The van der Waals surface area contributed by atoms with Crippen LogP contribution in [-0.2, 0) is 32.5 Å². The van der Waals surface area contributed by atoms with Gasteiger partial charge in [-0.05, 0) is 32.3 Å². The number of hydrogen-bond acceptors (Lipinski definition) is 6. The minimum atomic E-state index is -3.84. The molecule has 0 bridgehead atoms. The summed E-state index contributed by atoms with van der Waals surface area (Å²) in [7, 11) is 1.81. The third-order valence-electron chi connectivity index (χ3n) is 4.30. The predicted octanol–water partition coefficient (Wildman–Crippen LogP) is 0.644. The number of ether oxygens (including phenoxy) is 1. The molecule has 2 heterocycles. The minimum Gasteiger partial charge on any atom is -0.465 e. The van der Waals surface area contributed by atoms with Crippen LogP contribution < -0.4 is 10.2 Å². The van der Waals surface area contributed by atoms with Crippen LogP contribution in [0.2, 0.25) is 5.15 Å². The summed E-state index contributed by atoms with van der Waals surface area (Å²) in [6.07, 6.45) is 4.84. The lowest BCUT2D eigenvalue weighted by molar-refractivity contribution is -0.144. The van der Waals surface area contributed by atoms with Crippen LogP contribution in [0.15, 0.2) is 23.4 Å². The maximum Gasteiger partial charge on any atom is 0.327 e. The highest BCUT2D eigenvalue weighted by atomic mass is 35.5. The van der Waals surface area contributed by atoms with Gasteiger partial charge in [-0.1, -0.05) is 17.1 Å². The molecule has 1 N–H and O–H groups in total. The Hall–Kier alpha value is -1.91. The van der Waals surface area contributed by atoms with Gasteiger partial charge in [-0.25, -0.2) is 18.1 Å². The number of nitrogens with one attached hydrogen (secondary N) is 1. The minimum absolute atomic E-state index is 0.000279. The summed E-state index contributed by atoms with van der Waals surface area (Å²) in [5.41, 5.74) is 1.67. The maximum atomic E-state index is 12.7. The third kappa shape index (κ3) is 4.33. The van der Waals surface area contributed by atoms with E-state index >= 15 is 0 Å². The molecule has 1 atom stereocenters. The molecule has 142 valence electrons. The molecule has 1 aliphatic carbocycles. The maximum absolute atomic E-state index is 12.7. The molecule has 0 amide bonds. The number of rotatable bonds is 6. The number of hydrogen-bond donors (Lipinski definition) is 1. The Morgan fingerprint density at radius 2 is 2.26 bits per heavy atom. The van der Waals surface area contributed by atoms with Crippen molar-refractivity contribution in [3.8, 4) is 0 Å². The summed E-state index contributed by atoms with van der Waals surface area (Å²) in [6.45, 7) is 2.03. The van der Waals surface area contributed by atoms with E-state index < -0.39 is 16.1 Å². The number of carbonyl (C=O) groups excluding carboxylic acids is 1. The number of esters is 1. The summed E-state index contributed by atoms with van der Waals surface area (Å²) in [5, 5.41) is 4.28. The average Bonchev–Trinajstić information content (AvgIpc) is 3.01. The molecule has 0 saturated heterocycles. The highest BCUT2D eigenvalue weighted by molar-refractivity contribution is 7.89. The van der Waals surface area contributed by atoms with Crippen molar-refractivity contribution >= 4 is 40.9 Å². The summed E-state index contributed by atoms with van der Waals surface area (Å²) in [5.74, 6) is -0.381. The van der Waals surface area contributed by atoms with Crippen molar-refractivity contribution in [3.05, 3.63) is 34.9 Å². The summed E-state index contributed by atoms with van der Waals surface area (Å²) < 4.78 is 34.6. The van der Waals surface area contributed by atoms with Gasteiger partial charge >= 0.3 is 5.97 Å². The lowest BCUT2D eigenvalue weighted by atomic mass is 9.94. The molecule has 27 heavy (non-hydrogen) atoms. The van der Waals surface area contributed by atoms with Gasteiger partial charge in [0.1, 0.15) is 19.5 Å². The Morgan fingerprint density at radius 3 is 2.96 bits per heavy atom. The molecule has 3 rings (SSSR count). The fourth-order valence-corrected chi connectivity index (χ4v) is 4.39. The van der Waals surface area contributed by atoms with Crippen molar-refractivity contribution in [2.45, 2.75) is 43.7 Å². The first-order valence-electron chi connectivity index (χ1n) is 8.45. The molecule has 1 aliphatic rings. The van der Waals surface area contributed by atoms with Gasteiger partial charge in [0.05, 0.1) is 23.7 Å². The van der Waals surface area contributed by atoms with Gasteiger partial charge in [-0.15, -0.1) is 0 Å². The number of fused-ring (bicyclic) bond motifs is 1. The number of nitrogens with zero attached hydrogens (tertiary/aromatic N) is 3. The molecule has 0 spiro atoms. The topological polar surface area (TPSA) is 103 Å². The number of pyridine rings is 1. The summed E-state index contributed by atoms with van der Waals surface area (Å²) >= 11 is 5.76. The molecule has 8 nitrogen and oxygen atoms in total. The molecule has 0 aliphatic heterocycles. The van der Waals surface area contributed by atoms with Crippen molar-refractivity contribution < 1.29 is 17.9 Å². The lowest BCUT2D eigenvalue weighted by Gasteiger charge is -2.24. The second-order valence-electron chi connectivity index (χ2n) is 6.13. The molecule has 0 saturated carbocycles. The van der Waals surface area contributed by atoms with Crippen LogP contribution in [0.1, 0.15) is 37.1 Å². The first kappa shape index (κ1) is 19.8. The van der Waals surface area contributed by atoms with Gasteiger partial charge < -0.3 is 4.74 Å². The van der Waals surface area contributed by atoms with E-state index in [0.29, 0.717) is 19.4 Å². The zero-order valence-electron chi connectivity index (χ0n) is 14.7. The molecule has 2 radical (unpaired) electrons. The Balaban J connectivity index is 1.82. The van der Waals surface area contributed by atoms with E-state index in [9.17, 15) is 13.2 Å². The van der Waals surface area contributed by atoms with E-state index in [-0.39, 0.29) is 28.0 Å². The van der Waals surface area contributed by atoms with Crippen LogP contribution in [0, 0.1) is 0 Å². The van der Waals surface area contributed by atoms with Crippen molar-refractivity contribution in [2.24, 2.45) is 0 Å². The van der Waals surface area contributed by atoms with Crippen LogP contribution in [0.5, 0.6) is 0 Å². The molecule has 0 fully saturated rings. The van der Waals surface area contributed by atoms with Crippen LogP contribution in [0.4, 0.5) is 0 Å². The van der Waals surface area contributed by atoms with Gasteiger partial charge in [-0.2, -0.15) is 5.10 Å². The van der Waals surface area contributed by atoms with Crippen molar-refractivity contribution in [1.29, 1.82) is 0 Å². The monoisotopic (exact) mass is 408 g/mol. The van der Waals surface area contributed by atoms with Crippen LogP contribution in [0.3, 0.4) is 0 Å². The smallest absolute Gasteiger partial charge is 0.327 e. The first-order valence-corrected chi connectivity index (χ1v) is 10.3. The quantitative estimate of drug-likeness (QED) is 0.427. The van der Waals surface area contributed by atoms with E-state index in [1.165, 1.54) is 6.07 Å². The van der Waals surface area contributed by atoms with Gasteiger partial charge in [0, 0.05) is 17.5 Å².